The molecule has 106 valence electrons. The number of aromatic carboxylic acids is 1. The molecule has 1 aliphatic carbocycles. The minimum atomic E-state index is -0.913. The number of aromatic nitrogens is 3. The summed E-state index contributed by atoms with van der Waals surface area (Å²) in [6.07, 6.45) is 4.55. The van der Waals surface area contributed by atoms with E-state index in [0.717, 1.165) is 23.9 Å². The van der Waals surface area contributed by atoms with Crippen molar-refractivity contribution < 1.29 is 9.90 Å². The molecule has 0 aliphatic heterocycles. The molecule has 0 saturated heterocycles. The van der Waals surface area contributed by atoms with Gasteiger partial charge in [-0.3, -0.25) is 0 Å². The summed E-state index contributed by atoms with van der Waals surface area (Å²) in [6, 6.07) is 5.30. The zero-order valence-electron chi connectivity index (χ0n) is 11.8. The van der Waals surface area contributed by atoms with Crippen LogP contribution in [-0.4, -0.2) is 26.1 Å². The molecule has 20 heavy (non-hydrogen) atoms. The zero-order valence-corrected chi connectivity index (χ0v) is 11.8. The normalized spacial score (nSPS) is 22.0. The van der Waals surface area contributed by atoms with Gasteiger partial charge in [0.15, 0.2) is 0 Å². The number of hydrogen-bond donors (Lipinski definition) is 1. The number of carbonyl (C=O) groups is 1. The molecule has 0 spiro atoms. The SMILES string of the molecule is CC1(C)CCCC(n2nnc3ccc(C(=O)O)cc32)C1. The van der Waals surface area contributed by atoms with Crippen LogP contribution in [0.25, 0.3) is 11.0 Å². The van der Waals surface area contributed by atoms with E-state index in [1.54, 1.807) is 18.2 Å². The van der Waals surface area contributed by atoms with Crippen molar-refractivity contribution in [1.82, 2.24) is 15.0 Å². The van der Waals surface area contributed by atoms with Crippen LogP contribution in [0.5, 0.6) is 0 Å². The summed E-state index contributed by atoms with van der Waals surface area (Å²) in [5.74, 6) is -0.913. The number of carboxylic acid groups (broad SMARTS) is 1. The molecule has 0 radical (unpaired) electrons. The fourth-order valence-electron chi connectivity index (χ4n) is 3.21. The van der Waals surface area contributed by atoms with Crippen molar-refractivity contribution in [3.8, 4) is 0 Å². The third kappa shape index (κ3) is 2.28. The fourth-order valence-corrected chi connectivity index (χ4v) is 3.21. The Balaban J connectivity index is 2.03. The van der Waals surface area contributed by atoms with E-state index in [1.165, 1.54) is 12.8 Å². The van der Waals surface area contributed by atoms with Gasteiger partial charge in [0.1, 0.15) is 5.52 Å². The van der Waals surface area contributed by atoms with Crippen LogP contribution in [-0.2, 0) is 0 Å². The lowest BCUT2D eigenvalue weighted by atomic mass is 9.75. The number of benzene rings is 1. The summed E-state index contributed by atoms with van der Waals surface area (Å²) in [7, 11) is 0. The lowest BCUT2D eigenvalue weighted by Gasteiger charge is -2.35. The van der Waals surface area contributed by atoms with E-state index in [-0.39, 0.29) is 5.56 Å². The highest BCUT2D eigenvalue weighted by Crippen LogP contribution is 2.41. The quantitative estimate of drug-likeness (QED) is 0.911. The van der Waals surface area contributed by atoms with Gasteiger partial charge >= 0.3 is 5.97 Å². The molecule has 0 amide bonds. The predicted octanol–water partition coefficient (Wildman–Crippen LogP) is 3.27. The van der Waals surface area contributed by atoms with E-state index < -0.39 is 5.97 Å². The summed E-state index contributed by atoms with van der Waals surface area (Å²) in [6.45, 7) is 4.56. The van der Waals surface area contributed by atoms with E-state index in [2.05, 4.69) is 24.2 Å². The first-order chi connectivity index (χ1) is 9.46. The summed E-state index contributed by atoms with van der Waals surface area (Å²) >= 11 is 0. The lowest BCUT2D eigenvalue weighted by Crippen LogP contribution is -2.25. The van der Waals surface area contributed by atoms with Crippen LogP contribution in [0.15, 0.2) is 18.2 Å². The van der Waals surface area contributed by atoms with Crippen LogP contribution in [0.4, 0.5) is 0 Å². The number of rotatable bonds is 2. The van der Waals surface area contributed by atoms with E-state index in [9.17, 15) is 4.79 Å². The van der Waals surface area contributed by atoms with Crippen molar-refractivity contribution >= 4 is 17.0 Å². The van der Waals surface area contributed by atoms with Gasteiger partial charge in [-0.1, -0.05) is 25.5 Å². The van der Waals surface area contributed by atoms with Crippen LogP contribution >= 0.6 is 0 Å². The molecular weight excluding hydrogens is 254 g/mol. The summed E-state index contributed by atoms with van der Waals surface area (Å²) in [5, 5.41) is 17.5. The van der Waals surface area contributed by atoms with E-state index in [4.69, 9.17) is 5.11 Å². The summed E-state index contributed by atoms with van der Waals surface area (Å²) < 4.78 is 1.92. The molecule has 1 atom stereocenters. The van der Waals surface area contributed by atoms with Gasteiger partial charge < -0.3 is 5.11 Å². The Hall–Kier alpha value is -1.91. The molecule has 1 unspecified atom stereocenters. The molecule has 1 aromatic carbocycles. The van der Waals surface area contributed by atoms with Gasteiger partial charge in [0, 0.05) is 0 Å². The Morgan fingerprint density at radius 3 is 2.95 bits per heavy atom. The molecular formula is C15H19N3O2. The Labute approximate surface area is 117 Å². The molecule has 2 aromatic rings. The second-order valence-corrected chi connectivity index (χ2v) is 6.46. The van der Waals surface area contributed by atoms with E-state index >= 15 is 0 Å². The molecule has 5 heteroatoms. The van der Waals surface area contributed by atoms with Gasteiger partial charge in [0.25, 0.3) is 0 Å². The standard InChI is InChI=1S/C15H19N3O2/c1-15(2)7-3-4-11(9-15)18-13-8-10(14(19)20)5-6-12(13)16-17-18/h5-6,8,11H,3-4,7,9H2,1-2H3,(H,19,20). The van der Waals surface area contributed by atoms with Gasteiger partial charge in [-0.2, -0.15) is 0 Å². The van der Waals surface area contributed by atoms with Crippen molar-refractivity contribution in [3.05, 3.63) is 23.8 Å². The third-order valence-corrected chi connectivity index (χ3v) is 4.24. The number of carboxylic acids is 1. The summed E-state index contributed by atoms with van der Waals surface area (Å²) in [4.78, 5) is 11.1. The van der Waals surface area contributed by atoms with Gasteiger partial charge in [-0.25, -0.2) is 9.48 Å². The van der Waals surface area contributed by atoms with Crippen LogP contribution in [0.1, 0.15) is 55.9 Å². The minimum Gasteiger partial charge on any atom is -0.478 e. The number of nitrogens with zero attached hydrogens (tertiary/aromatic N) is 3. The second-order valence-electron chi connectivity index (χ2n) is 6.46. The van der Waals surface area contributed by atoms with Gasteiger partial charge in [0.2, 0.25) is 0 Å². The van der Waals surface area contributed by atoms with Crippen molar-refractivity contribution in [3.63, 3.8) is 0 Å². The molecule has 0 bridgehead atoms. The van der Waals surface area contributed by atoms with Crippen molar-refractivity contribution in [2.75, 3.05) is 0 Å². The molecule has 1 fully saturated rings. The van der Waals surface area contributed by atoms with Crippen molar-refractivity contribution in [2.24, 2.45) is 5.41 Å². The molecule has 1 aliphatic rings. The maximum atomic E-state index is 11.1. The van der Waals surface area contributed by atoms with Gasteiger partial charge in [-0.15, -0.1) is 5.10 Å². The van der Waals surface area contributed by atoms with Gasteiger partial charge in [0.05, 0.1) is 17.1 Å². The van der Waals surface area contributed by atoms with Crippen LogP contribution in [0.3, 0.4) is 0 Å². The molecule has 5 nitrogen and oxygen atoms in total. The monoisotopic (exact) mass is 273 g/mol. The predicted molar refractivity (Wildman–Crippen MR) is 75.8 cm³/mol. The Morgan fingerprint density at radius 2 is 2.25 bits per heavy atom. The van der Waals surface area contributed by atoms with E-state index in [1.807, 2.05) is 4.68 Å². The van der Waals surface area contributed by atoms with Crippen LogP contribution in [0.2, 0.25) is 0 Å². The largest absolute Gasteiger partial charge is 0.478 e. The lowest BCUT2D eigenvalue weighted by molar-refractivity contribution is 0.0697. The molecule has 1 N–H and O–H groups in total. The van der Waals surface area contributed by atoms with Crippen LogP contribution < -0.4 is 0 Å². The average Bonchev–Trinajstić information content (AvgIpc) is 2.80. The van der Waals surface area contributed by atoms with Crippen LogP contribution in [0, 0.1) is 5.41 Å². The number of hydrogen-bond acceptors (Lipinski definition) is 3. The molecule has 3 rings (SSSR count). The maximum absolute atomic E-state index is 11.1. The minimum absolute atomic E-state index is 0.288. The highest BCUT2D eigenvalue weighted by atomic mass is 16.4. The Kier molecular flexibility index (Phi) is 3.00. The van der Waals surface area contributed by atoms with Crippen molar-refractivity contribution in [1.29, 1.82) is 0 Å². The molecule has 1 saturated carbocycles. The van der Waals surface area contributed by atoms with Gasteiger partial charge in [-0.05, 0) is 42.9 Å². The highest BCUT2D eigenvalue weighted by Gasteiger charge is 2.30. The Bertz CT molecular complexity index is 660. The third-order valence-electron chi connectivity index (χ3n) is 4.24. The fraction of sp³-hybridized carbons (Fsp3) is 0.533. The zero-order chi connectivity index (χ0) is 14.3. The summed E-state index contributed by atoms with van der Waals surface area (Å²) in [5.41, 5.74) is 2.19. The maximum Gasteiger partial charge on any atom is 0.335 e. The topological polar surface area (TPSA) is 68.0 Å². The first-order valence-electron chi connectivity index (χ1n) is 7.04. The first-order valence-corrected chi connectivity index (χ1v) is 7.04. The number of fused-ring (bicyclic) bond motifs is 1. The first kappa shape index (κ1) is 13.1. The van der Waals surface area contributed by atoms with Crippen molar-refractivity contribution in [2.45, 2.75) is 45.6 Å². The average molecular weight is 273 g/mol. The highest BCUT2D eigenvalue weighted by molar-refractivity contribution is 5.92. The smallest absolute Gasteiger partial charge is 0.335 e. The Morgan fingerprint density at radius 1 is 1.45 bits per heavy atom. The molecule has 1 heterocycles. The second kappa shape index (κ2) is 4.58. The molecule has 1 aromatic heterocycles. The van der Waals surface area contributed by atoms with E-state index in [0.29, 0.717) is 11.5 Å².